The number of ketones is 2. The SMILES string of the molecule is COC1=C(OC)C(=O)C(Cc2ccc(CCC(=O)NC3CCCC3)cc2)=C(C)C1=O. The Balaban J connectivity index is 1.61. The molecule has 1 saturated carbocycles. The van der Waals surface area contributed by atoms with Gasteiger partial charge in [-0.2, -0.15) is 0 Å². The fourth-order valence-electron chi connectivity index (χ4n) is 4.06. The predicted molar refractivity (Wildman–Crippen MR) is 113 cm³/mol. The van der Waals surface area contributed by atoms with E-state index in [0.29, 0.717) is 36.5 Å². The molecule has 6 nitrogen and oxygen atoms in total. The summed E-state index contributed by atoms with van der Waals surface area (Å²) in [5.74, 6) is -0.637. The lowest BCUT2D eigenvalue weighted by Gasteiger charge is -2.20. The van der Waals surface area contributed by atoms with E-state index in [0.717, 1.165) is 24.0 Å². The number of carbonyl (C=O) groups excluding carboxylic acids is 3. The monoisotopic (exact) mass is 411 g/mol. The number of amides is 1. The second-order valence-electron chi connectivity index (χ2n) is 7.87. The van der Waals surface area contributed by atoms with Gasteiger partial charge in [0.2, 0.25) is 29.0 Å². The third kappa shape index (κ3) is 4.81. The highest BCUT2D eigenvalue weighted by Gasteiger charge is 2.34. The number of rotatable bonds is 8. The van der Waals surface area contributed by atoms with Crippen molar-refractivity contribution in [2.45, 2.75) is 57.9 Å². The first-order valence-electron chi connectivity index (χ1n) is 10.4. The minimum absolute atomic E-state index is 0.0463. The van der Waals surface area contributed by atoms with Crippen LogP contribution in [0.3, 0.4) is 0 Å². The first-order chi connectivity index (χ1) is 14.4. The largest absolute Gasteiger partial charge is 0.489 e. The van der Waals surface area contributed by atoms with Crippen LogP contribution in [0.1, 0.15) is 50.2 Å². The number of hydrogen-bond donors (Lipinski definition) is 1. The number of allylic oxidation sites excluding steroid dienone is 2. The summed E-state index contributed by atoms with van der Waals surface area (Å²) in [5.41, 5.74) is 2.78. The highest BCUT2D eigenvalue weighted by Crippen LogP contribution is 2.28. The van der Waals surface area contributed by atoms with Gasteiger partial charge in [-0.25, -0.2) is 0 Å². The zero-order valence-electron chi connectivity index (χ0n) is 17.9. The normalized spacial score (nSPS) is 17.6. The molecule has 0 heterocycles. The lowest BCUT2D eigenvalue weighted by Crippen LogP contribution is -2.32. The standard InChI is InChI=1S/C24H29NO5/c1-15-19(22(28)24(30-3)23(29-2)21(15)27)14-17-10-8-16(9-11-17)12-13-20(26)25-18-6-4-5-7-18/h8-11,18H,4-7,12-14H2,1-3H3,(H,25,26). The van der Waals surface area contributed by atoms with Gasteiger partial charge in [-0.15, -0.1) is 0 Å². The van der Waals surface area contributed by atoms with Crippen molar-refractivity contribution >= 4 is 17.5 Å². The van der Waals surface area contributed by atoms with Crippen molar-refractivity contribution in [2.75, 3.05) is 14.2 Å². The number of nitrogens with one attached hydrogen (secondary N) is 1. The third-order valence-electron chi connectivity index (χ3n) is 5.86. The van der Waals surface area contributed by atoms with Gasteiger partial charge < -0.3 is 14.8 Å². The van der Waals surface area contributed by atoms with E-state index in [4.69, 9.17) is 9.47 Å². The molecule has 0 unspecified atom stereocenters. The number of benzene rings is 1. The van der Waals surface area contributed by atoms with Gasteiger partial charge >= 0.3 is 0 Å². The molecule has 0 aliphatic heterocycles. The van der Waals surface area contributed by atoms with Gasteiger partial charge in [0.05, 0.1) is 14.2 Å². The molecule has 6 heteroatoms. The van der Waals surface area contributed by atoms with Crippen LogP contribution in [0.5, 0.6) is 0 Å². The topological polar surface area (TPSA) is 81.7 Å². The van der Waals surface area contributed by atoms with Crippen LogP contribution in [0.15, 0.2) is 46.9 Å². The fourth-order valence-corrected chi connectivity index (χ4v) is 4.06. The van der Waals surface area contributed by atoms with Crippen LogP contribution in [-0.4, -0.2) is 37.7 Å². The zero-order valence-corrected chi connectivity index (χ0v) is 17.9. The van der Waals surface area contributed by atoms with Crippen LogP contribution < -0.4 is 5.32 Å². The first kappa shape index (κ1) is 21.8. The Kier molecular flexibility index (Phi) is 7.08. The van der Waals surface area contributed by atoms with E-state index >= 15 is 0 Å². The average Bonchev–Trinajstić information content (AvgIpc) is 3.26. The smallest absolute Gasteiger partial charge is 0.228 e. The molecule has 3 rings (SSSR count). The summed E-state index contributed by atoms with van der Waals surface area (Å²) in [6.45, 7) is 1.64. The predicted octanol–water partition coefficient (Wildman–Crippen LogP) is 3.19. The zero-order chi connectivity index (χ0) is 21.7. The Morgan fingerprint density at radius 2 is 1.53 bits per heavy atom. The molecular weight excluding hydrogens is 382 g/mol. The molecule has 0 bridgehead atoms. The minimum atomic E-state index is -0.325. The van der Waals surface area contributed by atoms with Crippen LogP contribution in [0, 0.1) is 0 Å². The summed E-state index contributed by atoms with van der Waals surface area (Å²) >= 11 is 0. The first-order valence-corrected chi connectivity index (χ1v) is 10.4. The van der Waals surface area contributed by atoms with Gasteiger partial charge in [0.15, 0.2) is 0 Å². The molecule has 0 aromatic heterocycles. The molecular formula is C24H29NO5. The summed E-state index contributed by atoms with van der Waals surface area (Å²) in [6.07, 6.45) is 6.05. The molecule has 1 fully saturated rings. The molecule has 0 radical (unpaired) electrons. The van der Waals surface area contributed by atoms with Crippen LogP contribution in [0.25, 0.3) is 0 Å². The number of carbonyl (C=O) groups is 3. The maximum atomic E-state index is 12.8. The highest BCUT2D eigenvalue weighted by molar-refractivity contribution is 6.23. The Hall–Kier alpha value is -2.89. The lowest BCUT2D eigenvalue weighted by molar-refractivity contribution is -0.121. The molecule has 0 saturated heterocycles. The fraction of sp³-hybridized carbons (Fsp3) is 0.458. The van der Waals surface area contributed by atoms with Crippen molar-refractivity contribution in [1.82, 2.24) is 5.32 Å². The van der Waals surface area contributed by atoms with Gasteiger partial charge in [0.25, 0.3) is 0 Å². The summed E-state index contributed by atoms with van der Waals surface area (Å²) in [7, 11) is 2.71. The average molecular weight is 411 g/mol. The molecule has 0 spiro atoms. The molecule has 30 heavy (non-hydrogen) atoms. The summed E-state index contributed by atoms with van der Waals surface area (Å²) in [6, 6.07) is 8.15. The molecule has 1 amide bonds. The lowest BCUT2D eigenvalue weighted by atomic mass is 9.88. The number of Topliss-reactive ketones (excluding diaryl/α,β-unsaturated/α-hetero) is 2. The van der Waals surface area contributed by atoms with Crippen molar-refractivity contribution in [3.05, 3.63) is 58.1 Å². The molecule has 160 valence electrons. The number of aryl methyl sites for hydroxylation is 1. The molecule has 1 aromatic carbocycles. The molecule has 2 aliphatic carbocycles. The van der Waals surface area contributed by atoms with Crippen LogP contribution in [-0.2, 0) is 36.7 Å². The van der Waals surface area contributed by atoms with Gasteiger partial charge in [0, 0.05) is 30.0 Å². The van der Waals surface area contributed by atoms with Crippen molar-refractivity contribution in [3.8, 4) is 0 Å². The van der Waals surface area contributed by atoms with Crippen LogP contribution in [0.2, 0.25) is 0 Å². The summed E-state index contributed by atoms with van der Waals surface area (Å²) < 4.78 is 10.2. The molecule has 0 atom stereocenters. The van der Waals surface area contributed by atoms with E-state index in [2.05, 4.69) is 5.32 Å². The van der Waals surface area contributed by atoms with Gasteiger partial charge in [-0.3, -0.25) is 14.4 Å². The quantitative estimate of drug-likeness (QED) is 0.665. The molecule has 1 N–H and O–H groups in total. The van der Waals surface area contributed by atoms with Gasteiger partial charge in [-0.1, -0.05) is 37.1 Å². The number of hydrogen-bond acceptors (Lipinski definition) is 5. The second kappa shape index (κ2) is 9.74. The Morgan fingerprint density at radius 3 is 2.13 bits per heavy atom. The van der Waals surface area contributed by atoms with Crippen molar-refractivity contribution < 1.29 is 23.9 Å². The Bertz CT molecular complexity index is 889. The van der Waals surface area contributed by atoms with Crippen LogP contribution >= 0.6 is 0 Å². The maximum absolute atomic E-state index is 12.8. The number of methoxy groups -OCH3 is 2. The maximum Gasteiger partial charge on any atom is 0.228 e. The summed E-state index contributed by atoms with van der Waals surface area (Å²) in [4.78, 5) is 37.3. The molecule has 1 aromatic rings. The Labute approximate surface area is 177 Å². The Morgan fingerprint density at radius 1 is 0.967 bits per heavy atom. The molecule has 2 aliphatic rings. The number of ether oxygens (including phenoxy) is 2. The van der Waals surface area contributed by atoms with E-state index in [9.17, 15) is 14.4 Å². The van der Waals surface area contributed by atoms with E-state index in [1.54, 1.807) is 6.92 Å². The van der Waals surface area contributed by atoms with E-state index in [1.165, 1.54) is 27.1 Å². The van der Waals surface area contributed by atoms with Crippen molar-refractivity contribution in [2.24, 2.45) is 0 Å². The van der Waals surface area contributed by atoms with Gasteiger partial charge in [-0.05, 0) is 37.3 Å². The van der Waals surface area contributed by atoms with E-state index < -0.39 is 0 Å². The highest BCUT2D eigenvalue weighted by atomic mass is 16.5. The van der Waals surface area contributed by atoms with E-state index in [1.807, 2.05) is 24.3 Å². The minimum Gasteiger partial charge on any atom is -0.489 e. The van der Waals surface area contributed by atoms with Crippen LogP contribution in [0.4, 0.5) is 0 Å². The van der Waals surface area contributed by atoms with E-state index in [-0.39, 0.29) is 29.0 Å². The van der Waals surface area contributed by atoms with Crippen molar-refractivity contribution in [1.29, 1.82) is 0 Å². The van der Waals surface area contributed by atoms with Gasteiger partial charge in [0.1, 0.15) is 0 Å². The third-order valence-corrected chi connectivity index (χ3v) is 5.86. The van der Waals surface area contributed by atoms with Crippen molar-refractivity contribution in [3.63, 3.8) is 0 Å². The second-order valence-corrected chi connectivity index (χ2v) is 7.87. The summed E-state index contributed by atoms with van der Waals surface area (Å²) in [5, 5.41) is 3.11.